The molecule has 0 saturated heterocycles. The average molecular weight is 469 g/mol. The molecule has 0 radical (unpaired) electrons. The minimum absolute atomic E-state index is 0.318. The van der Waals surface area contributed by atoms with Crippen molar-refractivity contribution < 1.29 is 4.79 Å². The quantitative estimate of drug-likeness (QED) is 0.651. The number of hydrogen-bond donors (Lipinski definition) is 1. The lowest BCUT2D eigenvalue weighted by Crippen LogP contribution is -2.13. The van der Waals surface area contributed by atoms with Crippen molar-refractivity contribution >= 4 is 71.0 Å². The smallest absolute Gasteiger partial charge is 0.258 e. The Labute approximate surface area is 140 Å². The van der Waals surface area contributed by atoms with Gasteiger partial charge in [0, 0.05) is 25.8 Å². The maximum absolute atomic E-state index is 12.1. The van der Waals surface area contributed by atoms with Crippen LogP contribution in [0.15, 0.2) is 44.0 Å². The minimum Gasteiger partial charge on any atom is -0.320 e. The first-order valence-electron chi connectivity index (χ1n) is 5.04. The molecule has 0 fully saturated rings. The number of nitrogens with zero attached hydrogens (tertiary/aromatic N) is 1. The molecule has 2 rings (SSSR count). The fraction of sp³-hybridized carbons (Fsp3) is 0. The molecule has 0 atom stereocenters. The predicted octanol–water partition coefficient (Wildman–Crippen LogP) is 5.27. The summed E-state index contributed by atoms with van der Waals surface area (Å²) in [5, 5.41) is 3.14. The highest BCUT2D eigenvalue weighted by Crippen LogP contribution is 2.34. The molecule has 1 amide bonds. The van der Waals surface area contributed by atoms with E-state index in [1.807, 2.05) is 12.1 Å². The zero-order valence-corrected chi connectivity index (χ0v) is 14.8. The van der Waals surface area contributed by atoms with Gasteiger partial charge in [-0.05, 0) is 50.1 Å². The Morgan fingerprint density at radius 3 is 2.42 bits per heavy atom. The Morgan fingerprint density at radius 1 is 1.21 bits per heavy atom. The highest BCUT2D eigenvalue weighted by Gasteiger charge is 2.14. The number of aromatic nitrogens is 1. The molecular weight excluding hydrogens is 463 g/mol. The van der Waals surface area contributed by atoms with Gasteiger partial charge in [-0.1, -0.05) is 27.5 Å². The van der Waals surface area contributed by atoms with E-state index in [-0.39, 0.29) is 5.91 Å². The van der Waals surface area contributed by atoms with Crippen molar-refractivity contribution in [3.8, 4) is 0 Å². The topological polar surface area (TPSA) is 42.0 Å². The van der Waals surface area contributed by atoms with Crippen LogP contribution in [0.25, 0.3) is 0 Å². The zero-order valence-electron chi connectivity index (χ0n) is 9.25. The van der Waals surface area contributed by atoms with Gasteiger partial charge in [0.25, 0.3) is 5.91 Å². The second-order valence-corrected chi connectivity index (χ2v) is 6.59. The first kappa shape index (κ1) is 15.0. The molecular formula is C12H6Br3ClN2O. The number of hydrogen-bond acceptors (Lipinski definition) is 2. The van der Waals surface area contributed by atoms with Crippen molar-refractivity contribution in [3.63, 3.8) is 0 Å². The largest absolute Gasteiger partial charge is 0.320 e. The van der Waals surface area contributed by atoms with Crippen molar-refractivity contribution in [2.24, 2.45) is 0 Å². The lowest BCUT2D eigenvalue weighted by molar-refractivity contribution is 0.102. The lowest BCUT2D eigenvalue weighted by atomic mass is 10.2. The Morgan fingerprint density at radius 2 is 1.84 bits per heavy atom. The van der Waals surface area contributed by atoms with E-state index in [2.05, 4.69) is 58.1 Å². The SMILES string of the molecule is O=C(Nc1c(Br)cc(Br)cc1Br)c1cnccc1Cl. The summed E-state index contributed by atoms with van der Waals surface area (Å²) in [7, 11) is 0. The number of rotatable bonds is 2. The third kappa shape index (κ3) is 3.56. The van der Waals surface area contributed by atoms with Gasteiger partial charge in [-0.2, -0.15) is 0 Å². The number of amides is 1. The van der Waals surface area contributed by atoms with Crippen molar-refractivity contribution in [1.29, 1.82) is 0 Å². The van der Waals surface area contributed by atoms with E-state index in [9.17, 15) is 4.79 Å². The van der Waals surface area contributed by atoms with E-state index in [1.54, 1.807) is 6.07 Å². The van der Waals surface area contributed by atoms with Crippen LogP contribution in [0.4, 0.5) is 5.69 Å². The third-order valence-corrected chi connectivity index (χ3v) is 4.30. The number of pyridine rings is 1. The first-order chi connectivity index (χ1) is 8.99. The van der Waals surface area contributed by atoms with Gasteiger partial charge in [-0.15, -0.1) is 0 Å². The summed E-state index contributed by atoms with van der Waals surface area (Å²) in [6.07, 6.45) is 2.96. The molecule has 0 aliphatic carbocycles. The van der Waals surface area contributed by atoms with Gasteiger partial charge in [0.1, 0.15) is 0 Å². The van der Waals surface area contributed by atoms with Gasteiger partial charge in [-0.25, -0.2) is 0 Å². The van der Waals surface area contributed by atoms with Crippen LogP contribution in [0.5, 0.6) is 0 Å². The van der Waals surface area contributed by atoms with E-state index in [0.717, 1.165) is 13.4 Å². The predicted molar refractivity (Wildman–Crippen MR) is 86.7 cm³/mol. The second kappa shape index (κ2) is 6.35. The monoisotopic (exact) mass is 466 g/mol. The van der Waals surface area contributed by atoms with Crippen LogP contribution >= 0.6 is 59.4 Å². The number of benzene rings is 1. The van der Waals surface area contributed by atoms with Crippen molar-refractivity contribution in [3.05, 3.63) is 54.6 Å². The Hall–Kier alpha value is -0.430. The van der Waals surface area contributed by atoms with Crippen LogP contribution in [0.1, 0.15) is 10.4 Å². The van der Waals surface area contributed by atoms with Gasteiger partial charge in [0.05, 0.1) is 16.3 Å². The maximum atomic E-state index is 12.1. The molecule has 0 unspecified atom stereocenters. The fourth-order valence-corrected chi connectivity index (χ4v) is 4.03. The summed E-state index contributed by atoms with van der Waals surface area (Å²) >= 11 is 16.1. The third-order valence-electron chi connectivity index (χ3n) is 2.26. The van der Waals surface area contributed by atoms with Gasteiger partial charge < -0.3 is 5.32 Å². The Kier molecular flexibility index (Phi) is 5.00. The van der Waals surface area contributed by atoms with Gasteiger partial charge in [0.15, 0.2) is 0 Å². The average Bonchev–Trinajstić information content (AvgIpc) is 2.34. The zero-order chi connectivity index (χ0) is 14.0. The number of nitrogens with one attached hydrogen (secondary N) is 1. The van der Waals surface area contributed by atoms with Gasteiger partial charge in [0.2, 0.25) is 0 Å². The molecule has 0 aliphatic rings. The number of halogens is 4. The molecule has 0 spiro atoms. The highest BCUT2D eigenvalue weighted by atomic mass is 79.9. The fourth-order valence-electron chi connectivity index (χ4n) is 1.39. The van der Waals surface area contributed by atoms with Gasteiger partial charge >= 0.3 is 0 Å². The summed E-state index contributed by atoms with van der Waals surface area (Å²) in [4.78, 5) is 16.0. The van der Waals surface area contributed by atoms with E-state index < -0.39 is 0 Å². The van der Waals surface area contributed by atoms with Crippen LogP contribution < -0.4 is 5.32 Å². The van der Waals surface area contributed by atoms with E-state index in [4.69, 9.17) is 11.6 Å². The van der Waals surface area contributed by atoms with Crippen LogP contribution in [-0.4, -0.2) is 10.9 Å². The molecule has 98 valence electrons. The molecule has 0 saturated carbocycles. The lowest BCUT2D eigenvalue weighted by Gasteiger charge is -2.10. The number of anilines is 1. The molecule has 0 bridgehead atoms. The summed E-state index contributed by atoms with van der Waals surface area (Å²) in [5.41, 5.74) is 0.957. The Balaban J connectivity index is 2.32. The van der Waals surface area contributed by atoms with Crippen LogP contribution in [-0.2, 0) is 0 Å². The summed E-state index contributed by atoms with van der Waals surface area (Å²) in [6, 6.07) is 5.25. The van der Waals surface area contributed by atoms with E-state index in [1.165, 1.54) is 12.4 Å². The summed E-state index contributed by atoms with van der Waals surface area (Å²) in [6.45, 7) is 0. The van der Waals surface area contributed by atoms with E-state index >= 15 is 0 Å². The number of carbonyl (C=O) groups is 1. The molecule has 1 aromatic carbocycles. The molecule has 1 heterocycles. The summed E-state index contributed by atoms with van der Waals surface area (Å²) in [5.74, 6) is -0.318. The van der Waals surface area contributed by atoms with Crippen LogP contribution in [0, 0.1) is 0 Å². The minimum atomic E-state index is -0.318. The number of carbonyl (C=O) groups excluding carboxylic acids is 1. The molecule has 1 N–H and O–H groups in total. The highest BCUT2D eigenvalue weighted by molar-refractivity contribution is 9.11. The molecule has 2 aromatic rings. The Bertz CT molecular complexity index is 626. The maximum Gasteiger partial charge on any atom is 0.258 e. The molecule has 0 aliphatic heterocycles. The van der Waals surface area contributed by atoms with Crippen molar-refractivity contribution in [1.82, 2.24) is 4.98 Å². The summed E-state index contributed by atoms with van der Waals surface area (Å²) < 4.78 is 2.40. The van der Waals surface area contributed by atoms with Crippen molar-refractivity contribution in [2.45, 2.75) is 0 Å². The first-order valence-corrected chi connectivity index (χ1v) is 7.80. The van der Waals surface area contributed by atoms with Crippen LogP contribution in [0.3, 0.4) is 0 Å². The standard InChI is InChI=1S/C12H6Br3ClN2O/c13-6-3-8(14)11(9(15)4-6)18-12(19)7-5-17-2-1-10(7)16/h1-5H,(H,18,19). The molecule has 7 heteroatoms. The van der Waals surface area contributed by atoms with Gasteiger partial charge in [-0.3, -0.25) is 9.78 Å². The molecule has 1 aromatic heterocycles. The molecule has 19 heavy (non-hydrogen) atoms. The second-order valence-electron chi connectivity index (χ2n) is 3.55. The van der Waals surface area contributed by atoms with E-state index in [0.29, 0.717) is 16.3 Å². The van der Waals surface area contributed by atoms with Crippen molar-refractivity contribution in [2.75, 3.05) is 5.32 Å². The molecule has 3 nitrogen and oxygen atoms in total. The normalized spacial score (nSPS) is 10.3. The van der Waals surface area contributed by atoms with Crippen LogP contribution in [0.2, 0.25) is 5.02 Å².